The number of hydrogen-bond acceptors (Lipinski definition) is 4. The van der Waals surface area contributed by atoms with Gasteiger partial charge in [-0.2, -0.15) is 13.2 Å². The number of carbonyl (C=O) groups excluding carboxylic acids is 1. The molecule has 2 aliphatic heterocycles. The molecule has 0 saturated carbocycles. The van der Waals surface area contributed by atoms with Crippen molar-refractivity contribution in [2.24, 2.45) is 5.41 Å². The van der Waals surface area contributed by atoms with Gasteiger partial charge >= 0.3 is 6.18 Å². The molecule has 1 aromatic heterocycles. The van der Waals surface area contributed by atoms with Crippen LogP contribution in [0.2, 0.25) is 0 Å². The number of carbonyl (C=O) groups is 1. The molecule has 0 bridgehead atoms. The van der Waals surface area contributed by atoms with Crippen molar-refractivity contribution in [2.75, 3.05) is 36.4 Å². The molecule has 4 aromatic rings. The number of benzene rings is 3. The highest BCUT2D eigenvalue weighted by Gasteiger charge is 2.43. The monoisotopic (exact) mass is 558 g/mol. The van der Waals surface area contributed by atoms with Crippen molar-refractivity contribution in [3.8, 4) is 0 Å². The number of anilines is 2. The van der Waals surface area contributed by atoms with Gasteiger partial charge in [0.25, 0.3) is 0 Å². The number of likely N-dealkylation sites (tertiary alicyclic amines) is 1. The Bertz CT molecular complexity index is 1520. The molecule has 5 nitrogen and oxygen atoms in total. The molecule has 3 aromatic carbocycles. The number of halogens is 3. The predicted octanol–water partition coefficient (Wildman–Crippen LogP) is 6.93. The summed E-state index contributed by atoms with van der Waals surface area (Å²) in [7, 11) is 0. The SMILES string of the molecule is O=C(CCc1ccc(C(F)(F)F)cc1)Nc1ccc2nc(N3CC[C@]4(CCN(Cc5ccccc5)C4)C3)ccc2c1. The van der Waals surface area contributed by atoms with Gasteiger partial charge in [0.1, 0.15) is 5.82 Å². The van der Waals surface area contributed by atoms with Crippen LogP contribution in [0.4, 0.5) is 24.7 Å². The molecule has 2 aliphatic rings. The molecule has 41 heavy (non-hydrogen) atoms. The number of rotatable bonds is 7. The van der Waals surface area contributed by atoms with E-state index in [1.54, 1.807) is 0 Å². The highest BCUT2D eigenvalue weighted by Crippen LogP contribution is 2.41. The zero-order chi connectivity index (χ0) is 28.5. The van der Waals surface area contributed by atoms with Gasteiger partial charge in [0.2, 0.25) is 5.91 Å². The maximum atomic E-state index is 12.8. The summed E-state index contributed by atoms with van der Waals surface area (Å²) < 4.78 is 38.3. The first-order valence-electron chi connectivity index (χ1n) is 14.1. The standard InChI is InChI=1S/C33H33F3N4O/c34-33(35,36)27-10-6-24(7-11-27)8-15-31(41)37-28-12-13-29-26(20-28)9-14-30(38-29)40-19-17-32(23-40)16-18-39(22-32)21-25-4-2-1-3-5-25/h1-7,9-14,20H,8,15-19,21-23H2,(H,37,41)/t32-/m0/s1. The number of hydrogen-bond donors (Lipinski definition) is 1. The zero-order valence-corrected chi connectivity index (χ0v) is 22.8. The van der Waals surface area contributed by atoms with Gasteiger partial charge in [-0.1, -0.05) is 42.5 Å². The van der Waals surface area contributed by atoms with Gasteiger partial charge in [0.15, 0.2) is 0 Å². The fourth-order valence-electron chi connectivity index (χ4n) is 6.18. The van der Waals surface area contributed by atoms with Gasteiger partial charge in [-0.25, -0.2) is 4.98 Å². The minimum Gasteiger partial charge on any atom is -0.356 e. The highest BCUT2D eigenvalue weighted by atomic mass is 19.4. The topological polar surface area (TPSA) is 48.5 Å². The van der Waals surface area contributed by atoms with Gasteiger partial charge in [0.05, 0.1) is 11.1 Å². The predicted molar refractivity (Wildman–Crippen MR) is 156 cm³/mol. The van der Waals surface area contributed by atoms with Gasteiger partial charge in [-0.3, -0.25) is 9.69 Å². The second-order valence-electron chi connectivity index (χ2n) is 11.4. The summed E-state index contributed by atoms with van der Waals surface area (Å²) in [4.78, 5) is 22.4. The summed E-state index contributed by atoms with van der Waals surface area (Å²) >= 11 is 0. The van der Waals surface area contributed by atoms with E-state index in [4.69, 9.17) is 4.98 Å². The summed E-state index contributed by atoms with van der Waals surface area (Å²) in [5, 5.41) is 3.84. The first-order valence-corrected chi connectivity index (χ1v) is 14.1. The Morgan fingerprint density at radius 2 is 1.66 bits per heavy atom. The molecule has 1 N–H and O–H groups in total. The molecular weight excluding hydrogens is 525 g/mol. The Kier molecular flexibility index (Phi) is 7.43. The van der Waals surface area contributed by atoms with Crippen LogP contribution >= 0.6 is 0 Å². The molecule has 2 fully saturated rings. The van der Waals surface area contributed by atoms with Crippen molar-refractivity contribution in [3.63, 3.8) is 0 Å². The average molecular weight is 559 g/mol. The van der Waals surface area contributed by atoms with Crippen LogP contribution in [0.5, 0.6) is 0 Å². The Balaban J connectivity index is 1.03. The lowest BCUT2D eigenvalue weighted by molar-refractivity contribution is -0.137. The molecule has 2 saturated heterocycles. The Morgan fingerprint density at radius 3 is 2.44 bits per heavy atom. The van der Waals surface area contributed by atoms with Crippen LogP contribution in [-0.4, -0.2) is 42.0 Å². The van der Waals surface area contributed by atoms with Crippen LogP contribution < -0.4 is 10.2 Å². The number of nitrogens with one attached hydrogen (secondary N) is 1. The molecule has 1 atom stereocenters. The molecule has 212 valence electrons. The van der Waals surface area contributed by atoms with E-state index in [0.29, 0.717) is 23.1 Å². The third-order valence-electron chi connectivity index (χ3n) is 8.41. The lowest BCUT2D eigenvalue weighted by Crippen LogP contribution is -2.31. The summed E-state index contributed by atoms with van der Waals surface area (Å²) in [5.41, 5.74) is 3.24. The van der Waals surface area contributed by atoms with Gasteiger partial charge in [0, 0.05) is 49.1 Å². The van der Waals surface area contributed by atoms with E-state index >= 15 is 0 Å². The van der Waals surface area contributed by atoms with Crippen LogP contribution in [-0.2, 0) is 23.9 Å². The Labute approximate surface area is 238 Å². The number of fused-ring (bicyclic) bond motifs is 1. The molecule has 3 heterocycles. The Morgan fingerprint density at radius 1 is 0.878 bits per heavy atom. The second-order valence-corrected chi connectivity index (χ2v) is 11.4. The minimum atomic E-state index is -4.36. The highest BCUT2D eigenvalue weighted by molar-refractivity contribution is 5.94. The maximum Gasteiger partial charge on any atom is 0.416 e. The summed E-state index contributed by atoms with van der Waals surface area (Å²) in [6.07, 6.45) is -1.43. The normalized spacial score (nSPS) is 19.3. The number of alkyl halides is 3. The van der Waals surface area contributed by atoms with E-state index in [0.717, 1.165) is 61.6 Å². The second kappa shape index (κ2) is 11.2. The van der Waals surface area contributed by atoms with Crippen molar-refractivity contribution in [1.29, 1.82) is 0 Å². The average Bonchev–Trinajstić information content (AvgIpc) is 3.57. The molecule has 6 rings (SSSR count). The molecule has 1 spiro atoms. The van der Waals surface area contributed by atoms with E-state index < -0.39 is 11.7 Å². The van der Waals surface area contributed by atoms with Crippen LogP contribution in [0.3, 0.4) is 0 Å². The lowest BCUT2D eigenvalue weighted by atomic mass is 9.86. The molecular formula is C33H33F3N4O. The number of aryl methyl sites for hydroxylation is 1. The largest absolute Gasteiger partial charge is 0.416 e. The van der Waals surface area contributed by atoms with Crippen LogP contribution in [0, 0.1) is 5.41 Å². The van der Waals surface area contributed by atoms with Gasteiger partial charge in [-0.15, -0.1) is 0 Å². The van der Waals surface area contributed by atoms with E-state index in [1.165, 1.54) is 30.5 Å². The van der Waals surface area contributed by atoms with Crippen molar-refractivity contribution in [1.82, 2.24) is 9.88 Å². The quantitative estimate of drug-likeness (QED) is 0.267. The molecule has 8 heteroatoms. The smallest absolute Gasteiger partial charge is 0.356 e. The number of pyridine rings is 1. The summed E-state index contributed by atoms with van der Waals surface area (Å²) in [6, 6.07) is 25.4. The number of nitrogens with zero attached hydrogens (tertiary/aromatic N) is 3. The fraction of sp³-hybridized carbons (Fsp3) is 0.333. The minimum absolute atomic E-state index is 0.181. The van der Waals surface area contributed by atoms with Crippen molar-refractivity contribution >= 4 is 28.3 Å². The molecule has 1 amide bonds. The van der Waals surface area contributed by atoms with Gasteiger partial charge < -0.3 is 10.2 Å². The Hall–Kier alpha value is -3.91. The van der Waals surface area contributed by atoms with Crippen molar-refractivity contribution < 1.29 is 18.0 Å². The first kappa shape index (κ1) is 27.3. The van der Waals surface area contributed by atoms with Crippen molar-refractivity contribution in [3.05, 3.63) is 102 Å². The van der Waals surface area contributed by atoms with Gasteiger partial charge in [-0.05, 0) is 79.4 Å². The third-order valence-corrected chi connectivity index (χ3v) is 8.41. The molecule has 0 radical (unpaired) electrons. The van der Waals surface area contributed by atoms with E-state index in [9.17, 15) is 18.0 Å². The summed E-state index contributed by atoms with van der Waals surface area (Å²) in [6.45, 7) is 5.28. The van der Waals surface area contributed by atoms with Crippen LogP contribution in [0.15, 0.2) is 84.9 Å². The zero-order valence-electron chi connectivity index (χ0n) is 22.8. The number of amides is 1. The number of aromatic nitrogens is 1. The van der Waals surface area contributed by atoms with E-state index in [1.807, 2.05) is 18.2 Å². The third kappa shape index (κ3) is 6.38. The maximum absolute atomic E-state index is 12.8. The fourth-order valence-corrected chi connectivity index (χ4v) is 6.18. The van der Waals surface area contributed by atoms with E-state index in [2.05, 4.69) is 57.6 Å². The first-order chi connectivity index (χ1) is 19.7. The lowest BCUT2D eigenvalue weighted by Gasteiger charge is -2.25. The van der Waals surface area contributed by atoms with Crippen LogP contribution in [0.1, 0.15) is 36.0 Å². The van der Waals surface area contributed by atoms with Crippen LogP contribution in [0.25, 0.3) is 10.9 Å². The van der Waals surface area contributed by atoms with E-state index in [-0.39, 0.29) is 12.3 Å². The van der Waals surface area contributed by atoms with Crippen molar-refractivity contribution in [2.45, 2.75) is 38.4 Å². The molecule has 0 aliphatic carbocycles. The molecule has 0 unspecified atom stereocenters. The summed E-state index contributed by atoms with van der Waals surface area (Å²) in [5.74, 6) is 0.804.